The van der Waals surface area contributed by atoms with Crippen LogP contribution in [-0.4, -0.2) is 39.9 Å². The van der Waals surface area contributed by atoms with Crippen molar-refractivity contribution in [2.75, 3.05) is 0 Å². The first-order chi connectivity index (χ1) is 56.5. The normalized spacial score (nSPS) is 14.2. The number of hydrogen-bond acceptors (Lipinski definition) is 10. The van der Waals surface area contributed by atoms with Crippen LogP contribution < -0.4 is 0 Å². The molecule has 8 nitrogen and oxygen atoms in total. The highest BCUT2D eigenvalue weighted by molar-refractivity contribution is 7.99. The zero-order valence-electron chi connectivity index (χ0n) is 61.2. The second-order valence-electron chi connectivity index (χ2n) is 29.6. The van der Waals surface area contributed by atoms with Gasteiger partial charge in [0.05, 0.1) is 10.8 Å². The molecule has 530 valence electrons. The molecule has 114 heavy (non-hydrogen) atoms. The maximum Gasteiger partial charge on any atom is 0.164 e. The molecule has 2 spiro atoms. The van der Waals surface area contributed by atoms with Gasteiger partial charge < -0.3 is 0 Å². The Bertz CT molecular complexity index is 7100. The van der Waals surface area contributed by atoms with Gasteiger partial charge in [0.15, 0.2) is 34.9 Å². The third kappa shape index (κ3) is 10.3. The van der Waals surface area contributed by atoms with E-state index >= 15 is 0 Å². The number of nitrogens with zero attached hydrogens (tertiary/aromatic N) is 8. The molecule has 2 aliphatic heterocycles. The van der Waals surface area contributed by atoms with Gasteiger partial charge in [-0.25, -0.2) is 29.9 Å². The number of benzene rings is 15. The van der Waals surface area contributed by atoms with Crippen molar-refractivity contribution < 1.29 is 0 Å². The van der Waals surface area contributed by atoms with Crippen LogP contribution in [0.2, 0.25) is 0 Å². The van der Waals surface area contributed by atoms with Crippen molar-refractivity contribution in [2.24, 2.45) is 0 Å². The monoisotopic (exact) mass is 1490 g/mol. The van der Waals surface area contributed by atoms with E-state index in [0.717, 1.165) is 93.4 Å². The first kappa shape index (κ1) is 65.7. The molecule has 0 saturated carbocycles. The van der Waals surface area contributed by atoms with E-state index in [2.05, 4.69) is 307 Å². The number of aromatic nitrogens is 8. The fraction of sp³-hybridized carbons (Fsp3) is 0.0192. The van der Waals surface area contributed by atoms with Crippen LogP contribution >= 0.6 is 23.5 Å². The third-order valence-corrected chi connectivity index (χ3v) is 25.8. The van der Waals surface area contributed by atoms with Crippen molar-refractivity contribution in [3.05, 3.63) is 421 Å². The van der Waals surface area contributed by atoms with E-state index in [-0.39, 0.29) is 0 Å². The molecule has 0 N–H and O–H groups in total. The molecule has 15 aromatic carbocycles. The fourth-order valence-corrected chi connectivity index (χ4v) is 21.0. The minimum Gasteiger partial charge on any atom is -0.264 e. The number of pyridine rings is 2. The Kier molecular flexibility index (Phi) is 15.1. The Hall–Kier alpha value is -14.2. The minimum absolute atomic E-state index is 0.586. The summed E-state index contributed by atoms with van der Waals surface area (Å²) in [5.74, 6) is 3.62. The van der Waals surface area contributed by atoms with E-state index in [4.69, 9.17) is 29.9 Å². The van der Waals surface area contributed by atoms with Gasteiger partial charge in [-0.2, -0.15) is 0 Å². The standard InChI is InChI=1S/C104H62N8S2/c1-4-21-64(22-5-1)97-108-100(110-101(109-97)73-45-50-92-96(60-73)114-93-57-69(75-36-20-30-74-61-105-54-52-78(74)75)42-47-89(93)103(92)85-38-15-12-32-79(85)80-33-13-16-39-86(80)103)72-29-18-28-67(55-72)68-41-46-88-83(56-68)81-34-14-17-40-87(81)104(88)90-48-43-70(58-94(90)113-95-59-71(44-49-91(95)104)77-37-19-27-63-51-53-106-62-84(63)77)76-31-10-11-35-82(76)102-111-98(65-23-6-2-7-24-65)107-99(112-102)66-25-8-3-9-26-66/h1-62H. The van der Waals surface area contributed by atoms with Crippen LogP contribution in [-0.2, 0) is 10.8 Å². The predicted molar refractivity (Wildman–Crippen MR) is 461 cm³/mol. The van der Waals surface area contributed by atoms with Gasteiger partial charge in [0, 0.05) is 88.5 Å². The van der Waals surface area contributed by atoms with Gasteiger partial charge in [0.25, 0.3) is 0 Å². The molecule has 4 aromatic heterocycles. The Morgan fingerprint density at radius 3 is 1.07 bits per heavy atom. The Labute approximate surface area is 666 Å². The Morgan fingerprint density at radius 2 is 0.526 bits per heavy atom. The molecular formula is C104H62N8S2. The van der Waals surface area contributed by atoms with Gasteiger partial charge in [-0.05, 0) is 171 Å². The number of rotatable bonds is 10. The highest BCUT2D eigenvalue weighted by Gasteiger charge is 2.52. The SMILES string of the molecule is c1ccc(-c2nc(-c3cccc(-c4ccc5c(c4)-c4ccccc4C54c5ccc(-c6ccccc6-c6nc(-c7ccccc7)nc(-c7ccccc7)n6)cc5Sc5cc(-c6cccc7ccncc67)ccc54)c3)nc(-c3ccc4c(c3)Sc3cc(-c5cccc6cnccc56)ccc3C43c4ccccc4-c4ccccc43)n2)cc1. The highest BCUT2D eigenvalue weighted by atomic mass is 32.2. The van der Waals surface area contributed by atoms with E-state index in [1.165, 1.54) is 92.4 Å². The molecule has 0 amide bonds. The summed E-state index contributed by atoms with van der Waals surface area (Å²) < 4.78 is 0. The van der Waals surface area contributed by atoms with Crippen molar-refractivity contribution in [2.45, 2.75) is 30.4 Å². The minimum atomic E-state index is -0.707. The zero-order valence-corrected chi connectivity index (χ0v) is 62.8. The average molecular weight is 1490 g/mol. The summed E-state index contributed by atoms with van der Waals surface area (Å²) in [4.78, 5) is 45.7. The van der Waals surface area contributed by atoms with Gasteiger partial charge in [0.1, 0.15) is 0 Å². The quantitative estimate of drug-likeness (QED) is 0.131. The van der Waals surface area contributed by atoms with Crippen molar-refractivity contribution in [1.29, 1.82) is 0 Å². The summed E-state index contributed by atoms with van der Waals surface area (Å²) in [5, 5.41) is 4.55. The molecular weight excluding hydrogens is 1430 g/mol. The molecule has 0 saturated heterocycles. The lowest BCUT2D eigenvalue weighted by molar-refractivity contribution is 0.723. The summed E-state index contributed by atoms with van der Waals surface area (Å²) in [6, 6.07) is 128. The molecule has 1 unspecified atom stereocenters. The van der Waals surface area contributed by atoms with Crippen LogP contribution in [0.25, 0.3) is 157 Å². The van der Waals surface area contributed by atoms with E-state index < -0.39 is 10.8 Å². The topological polar surface area (TPSA) is 103 Å². The second kappa shape index (κ2) is 26.3. The summed E-state index contributed by atoms with van der Waals surface area (Å²) in [6.45, 7) is 0. The fourth-order valence-electron chi connectivity index (χ4n) is 18.5. The molecule has 0 fully saturated rings. The van der Waals surface area contributed by atoms with E-state index in [9.17, 15) is 0 Å². The van der Waals surface area contributed by atoms with Crippen LogP contribution in [0.3, 0.4) is 0 Å². The zero-order chi connectivity index (χ0) is 75.0. The van der Waals surface area contributed by atoms with Crippen LogP contribution in [0.5, 0.6) is 0 Å². The van der Waals surface area contributed by atoms with Gasteiger partial charge in [-0.3, -0.25) is 9.97 Å². The van der Waals surface area contributed by atoms with E-state index in [1.54, 1.807) is 0 Å². The van der Waals surface area contributed by atoms with E-state index in [1.807, 2.05) is 103 Å². The molecule has 10 heteroatoms. The highest BCUT2D eigenvalue weighted by Crippen LogP contribution is 2.65. The van der Waals surface area contributed by atoms with Crippen molar-refractivity contribution in [3.8, 4) is 135 Å². The largest absolute Gasteiger partial charge is 0.264 e. The van der Waals surface area contributed by atoms with Gasteiger partial charge in [0.2, 0.25) is 0 Å². The van der Waals surface area contributed by atoms with Crippen LogP contribution in [0.15, 0.2) is 396 Å². The predicted octanol–water partition coefficient (Wildman–Crippen LogP) is 25.5. The Morgan fingerprint density at radius 1 is 0.184 bits per heavy atom. The summed E-state index contributed by atoms with van der Waals surface area (Å²) in [6.07, 6.45) is 7.71. The average Bonchev–Trinajstić information content (AvgIpc) is 1.50. The molecule has 6 heterocycles. The molecule has 23 rings (SSSR count). The smallest absolute Gasteiger partial charge is 0.164 e. The maximum absolute atomic E-state index is 5.52. The summed E-state index contributed by atoms with van der Waals surface area (Å²) >= 11 is 3.67. The maximum atomic E-state index is 5.52. The number of fused-ring (bicyclic) bond motifs is 20. The lowest BCUT2D eigenvalue weighted by atomic mass is 9.67. The van der Waals surface area contributed by atoms with Gasteiger partial charge >= 0.3 is 0 Å². The first-order valence-electron chi connectivity index (χ1n) is 38.4. The molecule has 4 aliphatic rings. The van der Waals surface area contributed by atoms with E-state index in [0.29, 0.717) is 34.9 Å². The molecule has 1 atom stereocenters. The first-order valence-corrected chi connectivity index (χ1v) is 40.0. The van der Waals surface area contributed by atoms with Crippen molar-refractivity contribution in [3.63, 3.8) is 0 Å². The Balaban J connectivity index is 0.657. The molecule has 2 aliphatic carbocycles. The lowest BCUT2D eigenvalue weighted by Gasteiger charge is -2.40. The second-order valence-corrected chi connectivity index (χ2v) is 31.8. The summed E-state index contributed by atoms with van der Waals surface area (Å²) in [5.41, 5.74) is 27.9. The third-order valence-electron chi connectivity index (χ3n) is 23.5. The van der Waals surface area contributed by atoms with Crippen LogP contribution in [0.1, 0.15) is 44.5 Å². The molecule has 0 bridgehead atoms. The molecule has 0 radical (unpaired) electrons. The van der Waals surface area contributed by atoms with Crippen molar-refractivity contribution >= 4 is 45.1 Å². The number of hydrogen-bond donors (Lipinski definition) is 0. The van der Waals surface area contributed by atoms with Gasteiger partial charge in [-0.1, -0.05) is 327 Å². The van der Waals surface area contributed by atoms with Crippen molar-refractivity contribution in [1.82, 2.24) is 39.9 Å². The summed E-state index contributed by atoms with van der Waals surface area (Å²) in [7, 11) is 0. The van der Waals surface area contributed by atoms with Crippen LogP contribution in [0.4, 0.5) is 0 Å². The molecule has 19 aromatic rings. The van der Waals surface area contributed by atoms with Crippen LogP contribution in [0, 0.1) is 0 Å². The lowest BCUT2D eigenvalue weighted by Crippen LogP contribution is -2.32. The van der Waals surface area contributed by atoms with Gasteiger partial charge in [-0.15, -0.1) is 0 Å².